The van der Waals surface area contributed by atoms with E-state index in [1.165, 1.54) is 73.2 Å². The minimum atomic E-state index is -1.21. The van der Waals surface area contributed by atoms with Crippen LogP contribution in [0.3, 0.4) is 0 Å². The summed E-state index contributed by atoms with van der Waals surface area (Å²) in [6.45, 7) is 3.41. The number of ether oxygens (including phenoxy) is 7. The third kappa shape index (κ3) is 21.6. The Kier molecular flexibility index (Phi) is 31.7. The van der Waals surface area contributed by atoms with Crippen molar-refractivity contribution in [2.45, 2.75) is 108 Å². The van der Waals surface area contributed by atoms with Crippen LogP contribution in [0, 0.1) is 23.3 Å². The molecule has 0 bridgehead atoms. The van der Waals surface area contributed by atoms with E-state index in [2.05, 4.69) is 34.6 Å². The fourth-order valence-corrected chi connectivity index (χ4v) is 14.8. The largest absolute Gasteiger partial charge is 1.00 e. The van der Waals surface area contributed by atoms with Gasteiger partial charge < -0.3 is 43.7 Å². The number of halogens is 9. The normalized spacial score (nSPS) is 14.7. The second-order valence-corrected chi connectivity index (χ2v) is 29.6. The first-order valence-corrected chi connectivity index (χ1v) is 38.8. The van der Waals surface area contributed by atoms with E-state index in [1.54, 1.807) is 24.3 Å². The Morgan fingerprint density at radius 3 is 1.21 bits per heavy atom. The zero-order valence-electron chi connectivity index (χ0n) is 64.4. The number of carbonyl (C=O) groups excluding carboxylic acids is 8. The smallest absolute Gasteiger partial charge is 0.870 e. The third-order valence-corrected chi connectivity index (χ3v) is 21.3. The molecule has 4 aliphatic heterocycles. The van der Waals surface area contributed by atoms with Crippen molar-refractivity contribution in [3.8, 4) is 33.8 Å². The molecule has 7 heterocycles. The maximum Gasteiger partial charge on any atom is 1.00 e. The molecular weight excluding hydrogens is 1650 g/mol. The van der Waals surface area contributed by atoms with Crippen LogP contribution in [-0.2, 0) is 77.0 Å². The van der Waals surface area contributed by atoms with Crippen molar-refractivity contribution in [1.29, 1.82) is 0 Å². The molecule has 0 unspecified atom stereocenters. The van der Waals surface area contributed by atoms with Gasteiger partial charge in [0.05, 0.1) is 155 Å². The van der Waals surface area contributed by atoms with Crippen molar-refractivity contribution >= 4 is 110 Å². The zero-order valence-corrected chi connectivity index (χ0v) is 68.1. The van der Waals surface area contributed by atoms with Crippen LogP contribution < -0.4 is 18.9 Å². The monoisotopic (exact) mass is 1720 g/mol. The molecular formula is C85H74Cl5F4LiN6O18. The van der Waals surface area contributed by atoms with E-state index in [0.717, 1.165) is 121 Å². The molecule has 7 aliphatic rings. The Morgan fingerprint density at radius 1 is 0.462 bits per heavy atom. The number of methoxy groups -OCH3 is 3. The number of aromatic carboxylic acids is 1. The Balaban J connectivity index is 0.000000158. The van der Waals surface area contributed by atoms with Crippen molar-refractivity contribution < 1.29 is 123 Å². The van der Waals surface area contributed by atoms with Gasteiger partial charge in [-0.2, -0.15) is 24.7 Å². The number of nitrogens with zero attached hydrogens (tertiary/aromatic N) is 5. The van der Waals surface area contributed by atoms with Crippen LogP contribution in [0.25, 0.3) is 33.8 Å². The number of carboxylic acid groups (broad SMARTS) is 1. The molecule has 0 atom stereocenters. The molecule has 119 heavy (non-hydrogen) atoms. The van der Waals surface area contributed by atoms with Crippen LogP contribution in [-0.4, -0.2) is 147 Å². The number of esters is 3. The fourth-order valence-electron chi connectivity index (χ4n) is 13.6. The van der Waals surface area contributed by atoms with Gasteiger partial charge in [0.15, 0.2) is 5.78 Å². The summed E-state index contributed by atoms with van der Waals surface area (Å²) in [5, 5.41) is 25.0. The number of fused-ring (bicyclic) bond motifs is 3. The van der Waals surface area contributed by atoms with E-state index in [1.807, 2.05) is 36.4 Å². The van der Waals surface area contributed by atoms with Gasteiger partial charge in [-0.15, -0.1) is 0 Å². The molecule has 3 saturated carbocycles. The van der Waals surface area contributed by atoms with Crippen molar-refractivity contribution in [1.82, 2.24) is 29.8 Å². The molecule has 4 fully saturated rings. The zero-order chi connectivity index (χ0) is 83.5. The molecule has 1 saturated heterocycles. The maximum atomic E-state index is 15.0. The van der Waals surface area contributed by atoms with Crippen LogP contribution in [0.1, 0.15) is 202 Å². The first-order valence-electron chi connectivity index (χ1n) is 36.9. The standard InChI is InChI=1S/C24H20ClFN2O4.C23H18ClFN2O4.C14H13FN2O3.C10H8Cl2O.C9H6ClFO3.C5H8O2.Li.H2O/c1-31-24(30)14-7-8-16(19(26)11-14)22-17-9-10-32-12-20(17)28(27-22)23(29)21-15(13-5-6-13)3-2-4-18(21)25;24-17-3-1-2-14(12-4-5-12)20(17)22(28)27-19-11-31-9-8-16(19)21(26-27)15-7-6-13(23(29)30)10-18(15)25;1-19-14(18)8-2-3-9(11(15)6-8)13-10-4-5-20-7-12(10)16-17-13;11-8-3-1-2-7(6-4-5-6)9(8)10(12)13;1-14-9(13)5-2-3-6(8(10)12)7(11)4-5;6-5-2-1-3-7-4-5;;/h2-4,7-8,11,13H,5-6,9-10,12H2,1H3;1-3,6-7,10,12H,4-5,8-9,11H2,(H,29,30);2-3,6H,4-5,7H2,1H3,(H,16,17);1-3,6H,4-5H2;2-4H,1H3;1-4H2;;1H2/q;;;;;;+1;/p-1. The van der Waals surface area contributed by atoms with Gasteiger partial charge in [-0.05, 0) is 213 Å². The van der Waals surface area contributed by atoms with E-state index >= 15 is 0 Å². The number of carbonyl (C=O) groups is 9. The van der Waals surface area contributed by atoms with Crippen LogP contribution >= 0.6 is 58.0 Å². The van der Waals surface area contributed by atoms with E-state index in [9.17, 15) is 60.7 Å². The second kappa shape index (κ2) is 41.3. The summed E-state index contributed by atoms with van der Waals surface area (Å²) in [4.78, 5) is 104. The van der Waals surface area contributed by atoms with Crippen LogP contribution in [0.5, 0.6) is 0 Å². The predicted octanol–water partition coefficient (Wildman–Crippen LogP) is 14.3. The number of nitrogens with one attached hydrogen (secondary N) is 1. The Hall–Kier alpha value is -10.0. The summed E-state index contributed by atoms with van der Waals surface area (Å²) >= 11 is 29.3. The van der Waals surface area contributed by atoms with Crippen molar-refractivity contribution in [3.05, 3.63) is 261 Å². The number of carboxylic acids is 1. The number of hydrogen-bond donors (Lipinski definition) is 2. The molecule has 0 radical (unpaired) electrons. The summed E-state index contributed by atoms with van der Waals surface area (Å²) < 4.78 is 94.5. The topological polar surface area (TPSA) is 333 Å². The van der Waals surface area contributed by atoms with Crippen LogP contribution in [0.4, 0.5) is 17.6 Å². The van der Waals surface area contributed by atoms with Gasteiger partial charge in [-0.1, -0.05) is 71.2 Å². The number of rotatable bonds is 14. The van der Waals surface area contributed by atoms with Gasteiger partial charge in [0, 0.05) is 46.4 Å². The summed E-state index contributed by atoms with van der Waals surface area (Å²) in [5.74, 6) is -5.09. The Labute approximate surface area is 715 Å². The molecule has 34 heteroatoms. The summed E-state index contributed by atoms with van der Waals surface area (Å²) in [6, 6.07) is 31.7. The third-order valence-electron chi connectivity index (χ3n) is 19.9. The second-order valence-electron chi connectivity index (χ2n) is 27.7. The minimum absolute atomic E-state index is 0. The van der Waals surface area contributed by atoms with E-state index in [4.69, 9.17) is 82.1 Å². The number of H-pyrrole nitrogens is 1. The van der Waals surface area contributed by atoms with Gasteiger partial charge in [0.25, 0.3) is 22.3 Å². The minimum Gasteiger partial charge on any atom is -0.870 e. The molecule has 7 aromatic carbocycles. The Morgan fingerprint density at radius 2 is 0.840 bits per heavy atom. The number of benzene rings is 7. The number of aromatic amines is 1. The maximum absolute atomic E-state index is 15.0. The van der Waals surface area contributed by atoms with Gasteiger partial charge in [0.2, 0.25) is 0 Å². The van der Waals surface area contributed by atoms with Crippen molar-refractivity contribution in [2.24, 2.45) is 0 Å². The number of hydrogen-bond acceptors (Lipinski definition) is 20. The van der Waals surface area contributed by atoms with Gasteiger partial charge in [-0.25, -0.2) is 36.7 Å². The molecule has 3 N–H and O–H groups in total. The molecule has 10 aromatic rings. The predicted molar refractivity (Wildman–Crippen MR) is 424 cm³/mol. The fraction of sp³-hybridized carbons (Fsp3) is 0.294. The summed E-state index contributed by atoms with van der Waals surface area (Å²) in [6.07, 6.45) is 9.62. The number of Topliss-reactive ketones (excluding diaryl/α,β-unsaturated/α-hetero) is 1. The quantitative estimate of drug-likeness (QED) is 0.0336. The summed E-state index contributed by atoms with van der Waals surface area (Å²) in [7, 11) is 3.68. The van der Waals surface area contributed by atoms with Crippen LogP contribution in [0.15, 0.2) is 127 Å². The van der Waals surface area contributed by atoms with Crippen molar-refractivity contribution in [3.63, 3.8) is 0 Å². The van der Waals surface area contributed by atoms with Crippen LogP contribution in [0.2, 0.25) is 15.1 Å². The molecule has 17 rings (SSSR count). The molecule has 0 amide bonds. The van der Waals surface area contributed by atoms with Gasteiger partial charge >= 0.3 is 42.7 Å². The molecule has 3 aromatic heterocycles. The average molecular weight is 1730 g/mol. The summed E-state index contributed by atoms with van der Waals surface area (Å²) in [5.41, 5.74) is 10.6. The van der Waals surface area contributed by atoms with E-state index in [-0.39, 0.29) is 94.1 Å². The molecule has 0 spiro atoms. The van der Waals surface area contributed by atoms with E-state index in [0.29, 0.717) is 136 Å². The average Bonchev–Trinajstić information content (AvgIpc) is 1.61. The number of ketones is 1. The first-order chi connectivity index (χ1) is 56.3. The Bertz CT molecular complexity index is 5550. The SMILES string of the molecule is COC(=O)c1ccc(-c2n[nH]c3c2CCOC3)c(F)c1.COC(=O)c1ccc(-c2nn(C(=O)c3c(Cl)cccc3C3CC3)c3c2CCOC3)c(F)c1.COC(=O)c1ccc(C(=O)Cl)c(F)c1.O=C(Cl)c1c(Cl)cccc1C1CC1.O=C(O)c1ccc(-c2nn(C(=O)c3c(Cl)cccc3C3CC3)c3c2CCOC3)c(F)c1.O=C1CCCOC1.[Li+].[OH-]. The van der Waals surface area contributed by atoms with Gasteiger partial charge in [-0.3, -0.25) is 29.1 Å². The molecule has 616 valence electrons. The number of aromatic nitrogens is 6. The van der Waals surface area contributed by atoms with Crippen molar-refractivity contribution in [2.75, 3.05) is 54.4 Å². The molecule has 3 aliphatic carbocycles. The molecule has 24 nitrogen and oxygen atoms in total. The van der Waals surface area contributed by atoms with Gasteiger partial charge in [0.1, 0.15) is 29.9 Å². The van der Waals surface area contributed by atoms with E-state index < -0.39 is 57.6 Å². The first kappa shape index (κ1) is 91.3.